The molecule has 1 fully saturated rings. The van der Waals surface area contributed by atoms with Gasteiger partial charge in [0.05, 0.1) is 12.5 Å². The summed E-state index contributed by atoms with van der Waals surface area (Å²) in [5, 5.41) is 14.7. The Morgan fingerprint density at radius 2 is 2.10 bits per heavy atom. The molecule has 5 nitrogen and oxygen atoms in total. The summed E-state index contributed by atoms with van der Waals surface area (Å²) in [6.45, 7) is 2.50. The second-order valence-corrected chi connectivity index (χ2v) is 6.55. The van der Waals surface area contributed by atoms with Crippen LogP contribution in [0.2, 0.25) is 0 Å². The standard InChI is InChI=1S/C14H20N2O3S/c1-9-6-7-10(20-9)8-15-14(19)16-12-5-3-2-4-11(12)13(17)18/h6-7,11-12H,2-5,8H2,1H3,(H,17,18)(H2,15,16,19). The number of carbonyl (C=O) groups is 2. The van der Waals surface area contributed by atoms with Crippen LogP contribution in [0.5, 0.6) is 0 Å². The third-order valence-electron chi connectivity index (χ3n) is 3.62. The lowest BCUT2D eigenvalue weighted by Gasteiger charge is -2.29. The molecule has 1 heterocycles. The van der Waals surface area contributed by atoms with Crippen LogP contribution in [0.15, 0.2) is 12.1 Å². The zero-order chi connectivity index (χ0) is 14.5. The minimum Gasteiger partial charge on any atom is -0.481 e. The SMILES string of the molecule is Cc1ccc(CNC(=O)NC2CCCCC2C(=O)O)s1. The number of hydrogen-bond donors (Lipinski definition) is 3. The van der Waals surface area contributed by atoms with Crippen molar-refractivity contribution in [2.24, 2.45) is 5.92 Å². The molecule has 2 amide bonds. The van der Waals surface area contributed by atoms with Gasteiger partial charge in [0.1, 0.15) is 0 Å². The molecule has 1 aromatic heterocycles. The zero-order valence-corrected chi connectivity index (χ0v) is 12.3. The summed E-state index contributed by atoms with van der Waals surface area (Å²) in [7, 11) is 0. The molecule has 2 rings (SSSR count). The van der Waals surface area contributed by atoms with Crippen molar-refractivity contribution >= 4 is 23.3 Å². The van der Waals surface area contributed by atoms with Crippen LogP contribution in [0, 0.1) is 12.8 Å². The van der Waals surface area contributed by atoms with Gasteiger partial charge in [-0.05, 0) is 31.9 Å². The molecule has 3 N–H and O–H groups in total. The van der Waals surface area contributed by atoms with Crippen LogP contribution in [0.25, 0.3) is 0 Å². The number of carbonyl (C=O) groups excluding carboxylic acids is 1. The first kappa shape index (κ1) is 14.8. The lowest BCUT2D eigenvalue weighted by molar-refractivity contribution is -0.143. The van der Waals surface area contributed by atoms with Gasteiger partial charge in [0.25, 0.3) is 0 Å². The van der Waals surface area contributed by atoms with Gasteiger partial charge in [0.2, 0.25) is 0 Å². The van der Waals surface area contributed by atoms with Gasteiger partial charge in [-0.15, -0.1) is 11.3 Å². The molecule has 0 radical (unpaired) electrons. The van der Waals surface area contributed by atoms with Gasteiger partial charge in [-0.1, -0.05) is 12.8 Å². The lowest BCUT2D eigenvalue weighted by Crippen LogP contribution is -2.48. The maximum Gasteiger partial charge on any atom is 0.315 e. The molecule has 1 aromatic rings. The zero-order valence-electron chi connectivity index (χ0n) is 11.5. The number of hydrogen-bond acceptors (Lipinski definition) is 3. The number of aryl methyl sites for hydroxylation is 1. The Hall–Kier alpha value is -1.56. The van der Waals surface area contributed by atoms with E-state index >= 15 is 0 Å². The number of amides is 2. The van der Waals surface area contributed by atoms with Crippen LogP contribution in [-0.4, -0.2) is 23.1 Å². The molecule has 6 heteroatoms. The average molecular weight is 296 g/mol. The highest BCUT2D eigenvalue weighted by molar-refractivity contribution is 7.11. The summed E-state index contributed by atoms with van der Waals surface area (Å²) in [4.78, 5) is 25.3. The molecule has 0 bridgehead atoms. The van der Waals surface area contributed by atoms with E-state index in [1.165, 1.54) is 4.88 Å². The van der Waals surface area contributed by atoms with Gasteiger partial charge in [-0.2, -0.15) is 0 Å². The predicted molar refractivity (Wildman–Crippen MR) is 77.8 cm³/mol. The monoisotopic (exact) mass is 296 g/mol. The quantitative estimate of drug-likeness (QED) is 0.798. The van der Waals surface area contributed by atoms with E-state index in [0.29, 0.717) is 13.0 Å². The summed E-state index contributed by atoms with van der Waals surface area (Å²) in [6.07, 6.45) is 3.27. The highest BCUT2D eigenvalue weighted by atomic mass is 32.1. The van der Waals surface area contributed by atoms with Crippen molar-refractivity contribution in [3.05, 3.63) is 21.9 Å². The number of rotatable bonds is 4. The second-order valence-electron chi connectivity index (χ2n) is 5.18. The summed E-state index contributed by atoms with van der Waals surface area (Å²) in [6, 6.07) is 3.46. The van der Waals surface area contributed by atoms with Crippen LogP contribution in [0.1, 0.15) is 35.4 Å². The van der Waals surface area contributed by atoms with Gasteiger partial charge in [-0.25, -0.2) is 4.79 Å². The molecule has 2 atom stereocenters. The summed E-state index contributed by atoms with van der Waals surface area (Å²) < 4.78 is 0. The summed E-state index contributed by atoms with van der Waals surface area (Å²) in [5.41, 5.74) is 0. The summed E-state index contributed by atoms with van der Waals surface area (Å²) in [5.74, 6) is -1.28. The molecular weight excluding hydrogens is 276 g/mol. The fourth-order valence-corrected chi connectivity index (χ4v) is 3.40. The first-order chi connectivity index (χ1) is 9.56. The van der Waals surface area contributed by atoms with Crippen molar-refractivity contribution < 1.29 is 14.7 Å². The smallest absolute Gasteiger partial charge is 0.315 e. The number of aliphatic carboxylic acids is 1. The highest BCUT2D eigenvalue weighted by Gasteiger charge is 2.31. The number of urea groups is 1. The van der Waals surface area contributed by atoms with Crippen molar-refractivity contribution in [3.63, 3.8) is 0 Å². The molecule has 0 aliphatic heterocycles. The molecule has 20 heavy (non-hydrogen) atoms. The van der Waals surface area contributed by atoms with E-state index in [1.807, 2.05) is 19.1 Å². The van der Waals surface area contributed by atoms with Gasteiger partial charge < -0.3 is 15.7 Å². The third-order valence-corrected chi connectivity index (χ3v) is 4.62. The molecule has 1 aliphatic carbocycles. The fraction of sp³-hybridized carbons (Fsp3) is 0.571. The van der Waals surface area contributed by atoms with E-state index in [4.69, 9.17) is 5.11 Å². The summed E-state index contributed by atoms with van der Waals surface area (Å²) >= 11 is 1.64. The van der Waals surface area contributed by atoms with Gasteiger partial charge in [-0.3, -0.25) is 4.79 Å². The van der Waals surface area contributed by atoms with Crippen LogP contribution in [-0.2, 0) is 11.3 Å². The molecular formula is C14H20N2O3S. The highest BCUT2D eigenvalue weighted by Crippen LogP contribution is 2.24. The van der Waals surface area contributed by atoms with E-state index in [1.54, 1.807) is 11.3 Å². The van der Waals surface area contributed by atoms with Crippen molar-refractivity contribution in [2.75, 3.05) is 0 Å². The Bertz CT molecular complexity index is 487. The molecule has 2 unspecified atom stereocenters. The van der Waals surface area contributed by atoms with Crippen LogP contribution >= 0.6 is 11.3 Å². The van der Waals surface area contributed by atoms with E-state index < -0.39 is 11.9 Å². The van der Waals surface area contributed by atoms with Crippen molar-refractivity contribution in [2.45, 2.75) is 45.2 Å². The van der Waals surface area contributed by atoms with E-state index in [-0.39, 0.29) is 12.1 Å². The van der Waals surface area contributed by atoms with Crippen LogP contribution in [0.4, 0.5) is 4.79 Å². The minimum absolute atomic E-state index is 0.258. The number of nitrogens with one attached hydrogen (secondary N) is 2. The van der Waals surface area contributed by atoms with Crippen molar-refractivity contribution in [1.82, 2.24) is 10.6 Å². The first-order valence-electron chi connectivity index (χ1n) is 6.89. The maximum atomic E-state index is 11.8. The Morgan fingerprint density at radius 3 is 2.75 bits per heavy atom. The average Bonchev–Trinajstić information content (AvgIpc) is 2.83. The number of thiophene rings is 1. The lowest BCUT2D eigenvalue weighted by atomic mass is 9.84. The molecule has 1 saturated carbocycles. The van der Waals surface area contributed by atoms with Gasteiger partial charge >= 0.3 is 12.0 Å². The van der Waals surface area contributed by atoms with E-state index in [2.05, 4.69) is 10.6 Å². The van der Waals surface area contributed by atoms with Gasteiger partial charge in [0, 0.05) is 15.8 Å². The van der Waals surface area contributed by atoms with Crippen LogP contribution < -0.4 is 10.6 Å². The van der Waals surface area contributed by atoms with Crippen LogP contribution in [0.3, 0.4) is 0 Å². The van der Waals surface area contributed by atoms with Crippen molar-refractivity contribution in [1.29, 1.82) is 0 Å². The number of carboxylic acid groups (broad SMARTS) is 1. The minimum atomic E-state index is -0.816. The maximum absolute atomic E-state index is 11.8. The Morgan fingerprint density at radius 1 is 1.35 bits per heavy atom. The topological polar surface area (TPSA) is 78.4 Å². The van der Waals surface area contributed by atoms with Gasteiger partial charge in [0.15, 0.2) is 0 Å². The molecule has 110 valence electrons. The molecule has 1 aliphatic rings. The first-order valence-corrected chi connectivity index (χ1v) is 7.70. The third kappa shape index (κ3) is 3.96. The fourth-order valence-electron chi connectivity index (χ4n) is 2.57. The molecule has 0 aromatic carbocycles. The molecule has 0 spiro atoms. The Labute approximate surface area is 122 Å². The Kier molecular flexibility index (Phi) is 5.00. The Balaban J connectivity index is 1.82. The second kappa shape index (κ2) is 6.74. The van der Waals surface area contributed by atoms with E-state index in [0.717, 1.165) is 24.1 Å². The molecule has 0 saturated heterocycles. The number of carboxylic acids is 1. The van der Waals surface area contributed by atoms with Crippen molar-refractivity contribution in [3.8, 4) is 0 Å². The normalized spacial score (nSPS) is 22.2. The predicted octanol–water partition coefficient (Wildman–Crippen LogP) is 2.50. The van der Waals surface area contributed by atoms with E-state index in [9.17, 15) is 9.59 Å². The largest absolute Gasteiger partial charge is 0.481 e.